The highest BCUT2D eigenvalue weighted by Crippen LogP contribution is 2.44. The van der Waals surface area contributed by atoms with Crippen molar-refractivity contribution >= 4 is 15.7 Å². The minimum absolute atomic E-state index is 0.0980. The van der Waals surface area contributed by atoms with Gasteiger partial charge in [-0.05, 0) is 56.0 Å². The SMILES string of the molecule is CCN1CC[C@H](CNC(=O)C2(c3ccc(S(C)(=O)=O)cc3)CCC2)C1. The molecule has 1 aromatic rings. The van der Waals surface area contributed by atoms with Crippen molar-refractivity contribution in [1.82, 2.24) is 10.2 Å². The highest BCUT2D eigenvalue weighted by atomic mass is 32.2. The van der Waals surface area contributed by atoms with Crippen molar-refractivity contribution in [3.63, 3.8) is 0 Å². The molecule has 1 amide bonds. The Balaban J connectivity index is 1.67. The Morgan fingerprint density at radius 1 is 1.28 bits per heavy atom. The summed E-state index contributed by atoms with van der Waals surface area (Å²) in [5, 5.41) is 3.17. The Kier molecular flexibility index (Phi) is 5.21. The second kappa shape index (κ2) is 7.08. The highest BCUT2D eigenvalue weighted by molar-refractivity contribution is 7.90. The first-order valence-corrected chi connectivity index (χ1v) is 11.1. The number of rotatable bonds is 6. The molecule has 0 radical (unpaired) electrons. The minimum atomic E-state index is -3.21. The Hall–Kier alpha value is -1.40. The molecular weight excluding hydrogens is 336 g/mol. The molecule has 0 unspecified atom stereocenters. The summed E-state index contributed by atoms with van der Waals surface area (Å²) in [5.41, 5.74) is 0.462. The normalized spacial score (nSPS) is 23.2. The van der Waals surface area contributed by atoms with E-state index in [1.807, 2.05) is 12.1 Å². The largest absolute Gasteiger partial charge is 0.355 e. The molecule has 6 heteroatoms. The second-order valence-corrected chi connectivity index (χ2v) is 9.51. The number of carbonyl (C=O) groups excluding carboxylic acids is 1. The van der Waals surface area contributed by atoms with Gasteiger partial charge in [-0.3, -0.25) is 4.79 Å². The van der Waals surface area contributed by atoms with Gasteiger partial charge in [0.05, 0.1) is 10.3 Å². The molecule has 1 heterocycles. The van der Waals surface area contributed by atoms with Crippen molar-refractivity contribution in [3.8, 4) is 0 Å². The fourth-order valence-corrected chi connectivity index (χ4v) is 4.60. The molecule has 2 fully saturated rings. The maximum absolute atomic E-state index is 12.9. The number of hydrogen-bond acceptors (Lipinski definition) is 4. The fraction of sp³-hybridized carbons (Fsp3) is 0.632. The summed E-state index contributed by atoms with van der Waals surface area (Å²) in [6, 6.07) is 6.86. The molecule has 1 saturated heterocycles. The van der Waals surface area contributed by atoms with Gasteiger partial charge in [0.25, 0.3) is 0 Å². The molecule has 0 aromatic heterocycles. The third kappa shape index (κ3) is 3.75. The van der Waals surface area contributed by atoms with Gasteiger partial charge in [-0.25, -0.2) is 8.42 Å². The number of nitrogens with one attached hydrogen (secondary N) is 1. The van der Waals surface area contributed by atoms with Crippen LogP contribution in [0, 0.1) is 5.92 Å². The Bertz CT molecular complexity index is 724. The van der Waals surface area contributed by atoms with Crippen LogP contribution in [-0.4, -0.2) is 51.7 Å². The second-order valence-electron chi connectivity index (χ2n) is 7.49. The number of nitrogens with zero attached hydrogens (tertiary/aromatic N) is 1. The first-order valence-electron chi connectivity index (χ1n) is 9.16. The molecule has 2 aliphatic rings. The Labute approximate surface area is 150 Å². The first kappa shape index (κ1) is 18.4. The number of carbonyl (C=O) groups is 1. The molecule has 1 aliphatic carbocycles. The van der Waals surface area contributed by atoms with Crippen LogP contribution in [0.25, 0.3) is 0 Å². The summed E-state index contributed by atoms with van der Waals surface area (Å²) in [6.45, 7) is 6.16. The smallest absolute Gasteiger partial charge is 0.230 e. The number of benzene rings is 1. The van der Waals surface area contributed by atoms with Gasteiger partial charge >= 0.3 is 0 Å². The van der Waals surface area contributed by atoms with Crippen molar-refractivity contribution in [2.45, 2.75) is 42.9 Å². The number of sulfone groups is 1. The summed E-state index contributed by atoms with van der Waals surface area (Å²) >= 11 is 0. The number of likely N-dealkylation sites (tertiary alicyclic amines) is 1. The first-order chi connectivity index (χ1) is 11.8. The van der Waals surface area contributed by atoms with E-state index in [1.54, 1.807) is 12.1 Å². The lowest BCUT2D eigenvalue weighted by molar-refractivity contribution is -0.130. The Morgan fingerprint density at radius 3 is 2.44 bits per heavy atom. The maximum atomic E-state index is 12.9. The molecule has 25 heavy (non-hydrogen) atoms. The Morgan fingerprint density at radius 2 is 1.96 bits per heavy atom. The van der Waals surface area contributed by atoms with Crippen molar-refractivity contribution < 1.29 is 13.2 Å². The molecule has 0 bridgehead atoms. The van der Waals surface area contributed by atoms with E-state index >= 15 is 0 Å². The van der Waals surface area contributed by atoms with Gasteiger partial charge in [0.1, 0.15) is 0 Å². The zero-order valence-corrected chi connectivity index (χ0v) is 15.9. The predicted octanol–water partition coefficient (Wildman–Crippen LogP) is 1.97. The number of amides is 1. The van der Waals surface area contributed by atoms with Crippen LogP contribution >= 0.6 is 0 Å². The van der Waals surface area contributed by atoms with E-state index in [2.05, 4.69) is 17.1 Å². The standard InChI is InChI=1S/C19H28N2O3S/c1-3-21-12-9-15(14-21)13-20-18(22)19(10-4-11-19)16-5-7-17(8-6-16)25(2,23)24/h5-8,15H,3-4,9-14H2,1-2H3,(H,20,22)/t15-/m1/s1. The molecule has 5 nitrogen and oxygen atoms in total. The molecule has 1 N–H and O–H groups in total. The molecule has 0 spiro atoms. The van der Waals surface area contributed by atoms with E-state index < -0.39 is 15.3 Å². The van der Waals surface area contributed by atoms with Crippen molar-refractivity contribution in [3.05, 3.63) is 29.8 Å². The summed E-state index contributed by atoms with van der Waals surface area (Å²) in [4.78, 5) is 15.6. The van der Waals surface area contributed by atoms with E-state index in [9.17, 15) is 13.2 Å². The van der Waals surface area contributed by atoms with Crippen LogP contribution < -0.4 is 5.32 Å². The van der Waals surface area contributed by atoms with Crippen LogP contribution in [0.15, 0.2) is 29.2 Å². The fourth-order valence-electron chi connectivity index (χ4n) is 3.97. The van der Waals surface area contributed by atoms with Crippen LogP contribution in [0.4, 0.5) is 0 Å². The molecule has 1 aromatic carbocycles. The summed E-state index contributed by atoms with van der Waals surface area (Å²) in [5.74, 6) is 0.634. The van der Waals surface area contributed by atoms with Crippen molar-refractivity contribution in [2.24, 2.45) is 5.92 Å². The summed E-state index contributed by atoms with van der Waals surface area (Å²) < 4.78 is 23.3. The van der Waals surface area contributed by atoms with Gasteiger partial charge in [0.15, 0.2) is 9.84 Å². The number of hydrogen-bond donors (Lipinski definition) is 1. The van der Waals surface area contributed by atoms with Gasteiger partial charge in [-0.2, -0.15) is 0 Å². The van der Waals surface area contributed by atoms with Crippen LogP contribution in [-0.2, 0) is 20.0 Å². The quantitative estimate of drug-likeness (QED) is 0.838. The molecule has 3 rings (SSSR count). The maximum Gasteiger partial charge on any atom is 0.230 e. The average Bonchev–Trinajstić information content (AvgIpc) is 2.99. The van der Waals surface area contributed by atoms with Crippen LogP contribution in [0.3, 0.4) is 0 Å². The van der Waals surface area contributed by atoms with Crippen LogP contribution in [0.5, 0.6) is 0 Å². The van der Waals surface area contributed by atoms with E-state index in [0.717, 1.165) is 57.4 Å². The molecular formula is C19H28N2O3S. The minimum Gasteiger partial charge on any atom is -0.355 e. The average molecular weight is 365 g/mol. The van der Waals surface area contributed by atoms with Crippen molar-refractivity contribution in [2.75, 3.05) is 32.4 Å². The topological polar surface area (TPSA) is 66.5 Å². The van der Waals surface area contributed by atoms with Gasteiger partial charge in [0, 0.05) is 19.3 Å². The summed E-state index contributed by atoms with van der Waals surface area (Å²) in [6.07, 6.45) is 5.05. The van der Waals surface area contributed by atoms with Gasteiger partial charge < -0.3 is 10.2 Å². The van der Waals surface area contributed by atoms with Crippen LogP contribution in [0.2, 0.25) is 0 Å². The molecule has 138 valence electrons. The van der Waals surface area contributed by atoms with Crippen LogP contribution in [0.1, 0.15) is 38.2 Å². The lowest BCUT2D eigenvalue weighted by atomic mass is 9.64. The lowest BCUT2D eigenvalue weighted by Gasteiger charge is -2.41. The molecule has 1 aliphatic heterocycles. The zero-order valence-electron chi connectivity index (χ0n) is 15.1. The van der Waals surface area contributed by atoms with Gasteiger partial charge in [-0.1, -0.05) is 25.5 Å². The third-order valence-corrected chi connectivity index (χ3v) is 6.97. The summed E-state index contributed by atoms with van der Waals surface area (Å²) in [7, 11) is -3.21. The van der Waals surface area contributed by atoms with E-state index in [0.29, 0.717) is 10.8 Å². The molecule has 1 saturated carbocycles. The lowest BCUT2D eigenvalue weighted by Crippen LogP contribution is -2.50. The third-order valence-electron chi connectivity index (χ3n) is 5.85. The predicted molar refractivity (Wildman–Crippen MR) is 98.3 cm³/mol. The van der Waals surface area contributed by atoms with Gasteiger partial charge in [-0.15, -0.1) is 0 Å². The molecule has 1 atom stereocenters. The highest BCUT2D eigenvalue weighted by Gasteiger charge is 2.45. The van der Waals surface area contributed by atoms with E-state index in [1.165, 1.54) is 6.26 Å². The van der Waals surface area contributed by atoms with Crippen molar-refractivity contribution in [1.29, 1.82) is 0 Å². The zero-order chi connectivity index (χ0) is 18.1. The van der Waals surface area contributed by atoms with E-state index in [-0.39, 0.29) is 5.91 Å². The van der Waals surface area contributed by atoms with E-state index in [4.69, 9.17) is 0 Å². The monoisotopic (exact) mass is 364 g/mol. The van der Waals surface area contributed by atoms with Gasteiger partial charge in [0.2, 0.25) is 5.91 Å².